The van der Waals surface area contributed by atoms with E-state index in [0.29, 0.717) is 29.3 Å². The molecular weight excluding hydrogens is 258 g/mol. The lowest BCUT2D eigenvalue weighted by atomic mass is 10.0. The van der Waals surface area contributed by atoms with Gasteiger partial charge >= 0.3 is 0 Å². The highest BCUT2D eigenvalue weighted by Crippen LogP contribution is 2.45. The van der Waals surface area contributed by atoms with E-state index in [2.05, 4.69) is 0 Å². The van der Waals surface area contributed by atoms with E-state index in [1.807, 2.05) is 6.92 Å². The maximum atomic E-state index is 12.5. The molecule has 0 fully saturated rings. The number of fused-ring (bicyclic) bond motifs is 1. The number of aldehydes is 1. The summed E-state index contributed by atoms with van der Waals surface area (Å²) < 4.78 is 11.1. The van der Waals surface area contributed by atoms with Crippen molar-refractivity contribution in [3.63, 3.8) is 0 Å². The molecule has 0 bridgehead atoms. The highest BCUT2D eigenvalue weighted by molar-refractivity contribution is 6.03. The van der Waals surface area contributed by atoms with E-state index in [0.717, 1.165) is 12.7 Å². The molecule has 0 aromatic heterocycles. The Morgan fingerprint density at radius 3 is 2.65 bits per heavy atom. The SMILES string of the molecule is CCCN1C(=O)C(C)(C)Oc2c(OC)cc(C=O)cc21. The van der Waals surface area contributed by atoms with Crippen LogP contribution in [-0.4, -0.2) is 31.4 Å². The molecule has 0 spiro atoms. The highest BCUT2D eigenvalue weighted by Gasteiger charge is 2.42. The maximum absolute atomic E-state index is 12.5. The number of benzene rings is 1. The fourth-order valence-electron chi connectivity index (χ4n) is 2.31. The molecule has 0 unspecified atom stereocenters. The van der Waals surface area contributed by atoms with Crippen LogP contribution in [0.15, 0.2) is 12.1 Å². The second kappa shape index (κ2) is 5.15. The molecule has 20 heavy (non-hydrogen) atoms. The van der Waals surface area contributed by atoms with Crippen LogP contribution in [0.5, 0.6) is 11.5 Å². The molecule has 0 saturated heterocycles. The van der Waals surface area contributed by atoms with Gasteiger partial charge in [0.05, 0.1) is 12.8 Å². The minimum atomic E-state index is -0.946. The highest BCUT2D eigenvalue weighted by atomic mass is 16.5. The minimum absolute atomic E-state index is 0.114. The topological polar surface area (TPSA) is 55.8 Å². The van der Waals surface area contributed by atoms with Crippen molar-refractivity contribution in [3.8, 4) is 11.5 Å². The molecule has 0 atom stereocenters. The van der Waals surface area contributed by atoms with Crippen molar-refractivity contribution in [2.75, 3.05) is 18.6 Å². The first-order chi connectivity index (χ1) is 9.44. The monoisotopic (exact) mass is 277 g/mol. The zero-order chi connectivity index (χ0) is 14.9. The zero-order valence-corrected chi connectivity index (χ0v) is 12.2. The van der Waals surface area contributed by atoms with Gasteiger partial charge in [-0.1, -0.05) is 6.92 Å². The molecule has 0 aliphatic carbocycles. The Balaban J connectivity index is 2.65. The first-order valence-electron chi connectivity index (χ1n) is 6.62. The van der Waals surface area contributed by atoms with E-state index in [-0.39, 0.29) is 5.91 Å². The van der Waals surface area contributed by atoms with Crippen LogP contribution >= 0.6 is 0 Å². The summed E-state index contributed by atoms with van der Waals surface area (Å²) in [5.41, 5.74) is 0.105. The molecule has 1 heterocycles. The number of ether oxygens (including phenoxy) is 2. The summed E-state index contributed by atoms with van der Waals surface area (Å²) in [5.74, 6) is 0.861. The Labute approximate surface area is 118 Å². The number of nitrogens with zero attached hydrogens (tertiary/aromatic N) is 1. The molecule has 1 aliphatic heterocycles. The van der Waals surface area contributed by atoms with Crippen LogP contribution in [0.4, 0.5) is 5.69 Å². The van der Waals surface area contributed by atoms with Crippen LogP contribution in [0.2, 0.25) is 0 Å². The van der Waals surface area contributed by atoms with Gasteiger partial charge in [-0.2, -0.15) is 0 Å². The number of anilines is 1. The van der Waals surface area contributed by atoms with Crippen molar-refractivity contribution in [1.82, 2.24) is 0 Å². The molecule has 5 heteroatoms. The predicted octanol–water partition coefficient (Wildman–Crippen LogP) is 2.42. The maximum Gasteiger partial charge on any atom is 0.270 e. The molecule has 1 aliphatic rings. The first kappa shape index (κ1) is 14.4. The van der Waals surface area contributed by atoms with E-state index in [1.54, 1.807) is 30.9 Å². The lowest BCUT2D eigenvalue weighted by Crippen LogP contribution is -2.52. The Hall–Kier alpha value is -2.04. The van der Waals surface area contributed by atoms with Gasteiger partial charge in [-0.25, -0.2) is 0 Å². The average Bonchev–Trinajstić information content (AvgIpc) is 2.43. The van der Waals surface area contributed by atoms with Crippen molar-refractivity contribution in [3.05, 3.63) is 17.7 Å². The number of carbonyl (C=O) groups is 2. The molecule has 108 valence electrons. The minimum Gasteiger partial charge on any atom is -0.493 e. The molecule has 2 rings (SSSR count). The predicted molar refractivity (Wildman–Crippen MR) is 75.7 cm³/mol. The smallest absolute Gasteiger partial charge is 0.270 e. The van der Waals surface area contributed by atoms with Crippen LogP contribution < -0.4 is 14.4 Å². The van der Waals surface area contributed by atoms with Gasteiger partial charge in [-0.15, -0.1) is 0 Å². The quantitative estimate of drug-likeness (QED) is 0.793. The Morgan fingerprint density at radius 2 is 2.10 bits per heavy atom. The number of hydrogen-bond acceptors (Lipinski definition) is 4. The number of carbonyl (C=O) groups excluding carboxylic acids is 2. The third kappa shape index (κ3) is 2.24. The van der Waals surface area contributed by atoms with E-state index in [1.165, 1.54) is 7.11 Å². The summed E-state index contributed by atoms with van der Waals surface area (Å²) in [7, 11) is 1.52. The van der Waals surface area contributed by atoms with Crippen molar-refractivity contribution in [2.45, 2.75) is 32.8 Å². The first-order valence-corrected chi connectivity index (χ1v) is 6.62. The molecule has 5 nitrogen and oxygen atoms in total. The van der Waals surface area contributed by atoms with Gasteiger partial charge in [0.15, 0.2) is 17.1 Å². The Morgan fingerprint density at radius 1 is 1.40 bits per heavy atom. The zero-order valence-electron chi connectivity index (χ0n) is 12.2. The van der Waals surface area contributed by atoms with Crippen LogP contribution in [0.1, 0.15) is 37.6 Å². The number of rotatable bonds is 4. The molecule has 0 N–H and O–H groups in total. The van der Waals surface area contributed by atoms with E-state index in [4.69, 9.17) is 9.47 Å². The summed E-state index contributed by atoms with van der Waals surface area (Å²) in [6, 6.07) is 3.27. The summed E-state index contributed by atoms with van der Waals surface area (Å²) in [4.78, 5) is 25.2. The summed E-state index contributed by atoms with van der Waals surface area (Å²) in [5, 5.41) is 0. The van der Waals surface area contributed by atoms with E-state index >= 15 is 0 Å². The molecular formula is C15H19NO4. The molecule has 1 aromatic rings. The van der Waals surface area contributed by atoms with Crippen molar-refractivity contribution in [1.29, 1.82) is 0 Å². The van der Waals surface area contributed by atoms with Gasteiger partial charge in [0.1, 0.15) is 6.29 Å². The summed E-state index contributed by atoms with van der Waals surface area (Å²) in [6.45, 7) is 6.03. The summed E-state index contributed by atoms with van der Waals surface area (Å²) in [6.07, 6.45) is 1.55. The lowest BCUT2D eigenvalue weighted by molar-refractivity contribution is -0.132. The van der Waals surface area contributed by atoms with Crippen LogP contribution in [0.3, 0.4) is 0 Å². The van der Waals surface area contributed by atoms with Gasteiger partial charge in [0.2, 0.25) is 0 Å². The fraction of sp³-hybridized carbons (Fsp3) is 0.467. The van der Waals surface area contributed by atoms with Crippen LogP contribution in [-0.2, 0) is 4.79 Å². The van der Waals surface area contributed by atoms with Crippen LogP contribution in [0.25, 0.3) is 0 Å². The second-order valence-corrected chi connectivity index (χ2v) is 5.26. The Kier molecular flexibility index (Phi) is 3.70. The van der Waals surface area contributed by atoms with Crippen molar-refractivity contribution >= 4 is 17.9 Å². The largest absolute Gasteiger partial charge is 0.493 e. The van der Waals surface area contributed by atoms with Gasteiger partial charge in [-0.3, -0.25) is 9.59 Å². The van der Waals surface area contributed by atoms with Crippen molar-refractivity contribution in [2.24, 2.45) is 0 Å². The van der Waals surface area contributed by atoms with Gasteiger partial charge in [0.25, 0.3) is 5.91 Å². The molecule has 0 saturated carbocycles. The van der Waals surface area contributed by atoms with Gasteiger partial charge in [-0.05, 0) is 32.4 Å². The molecule has 1 aromatic carbocycles. The number of amides is 1. The standard InChI is InChI=1S/C15H19NO4/c1-5-6-16-11-7-10(9-17)8-12(19-4)13(11)20-15(2,3)14(16)18/h7-9H,5-6H2,1-4H3. The molecule has 0 radical (unpaired) electrons. The Bertz CT molecular complexity index is 551. The average molecular weight is 277 g/mol. The van der Waals surface area contributed by atoms with Crippen LogP contribution in [0, 0.1) is 0 Å². The number of methoxy groups -OCH3 is 1. The lowest BCUT2D eigenvalue weighted by Gasteiger charge is -2.39. The second-order valence-electron chi connectivity index (χ2n) is 5.26. The van der Waals surface area contributed by atoms with Crippen molar-refractivity contribution < 1.29 is 19.1 Å². The fourth-order valence-corrected chi connectivity index (χ4v) is 2.31. The van der Waals surface area contributed by atoms with E-state index < -0.39 is 5.60 Å². The third-order valence-electron chi connectivity index (χ3n) is 3.27. The normalized spacial score (nSPS) is 16.4. The molecule has 1 amide bonds. The summed E-state index contributed by atoms with van der Waals surface area (Å²) >= 11 is 0. The van der Waals surface area contributed by atoms with Gasteiger partial charge < -0.3 is 14.4 Å². The number of hydrogen-bond donors (Lipinski definition) is 0. The van der Waals surface area contributed by atoms with Gasteiger partial charge in [0, 0.05) is 12.1 Å². The van der Waals surface area contributed by atoms with E-state index in [9.17, 15) is 9.59 Å². The third-order valence-corrected chi connectivity index (χ3v) is 3.27.